The number of carbonyl (C=O) groups excluding carboxylic acids is 1. The topological polar surface area (TPSA) is 65.5 Å². The molecule has 0 radical (unpaired) electrons. The van der Waals surface area contributed by atoms with Crippen molar-refractivity contribution < 1.29 is 9.90 Å². The molecule has 1 aliphatic rings. The second kappa shape index (κ2) is 6.43. The molecule has 5 heteroatoms. The Hall–Kier alpha value is -1.62. The fourth-order valence-corrected chi connectivity index (χ4v) is 2.60. The van der Waals surface area contributed by atoms with Crippen LogP contribution in [0.2, 0.25) is 0 Å². The van der Waals surface area contributed by atoms with Crippen molar-refractivity contribution in [3.8, 4) is 0 Å². The van der Waals surface area contributed by atoms with Crippen LogP contribution in [-0.2, 0) is 6.42 Å². The molecule has 1 aromatic rings. The van der Waals surface area contributed by atoms with E-state index >= 15 is 0 Å². The highest BCUT2D eigenvalue weighted by Gasteiger charge is 2.30. The lowest BCUT2D eigenvalue weighted by Crippen LogP contribution is -2.45. The summed E-state index contributed by atoms with van der Waals surface area (Å²) in [5.74, 6) is 0.759. The maximum absolute atomic E-state index is 12.6. The predicted octanol–water partition coefficient (Wildman–Crippen LogP) is 2.06. The highest BCUT2D eigenvalue weighted by molar-refractivity contribution is 5.95. The van der Waals surface area contributed by atoms with E-state index in [1.807, 2.05) is 24.9 Å². The van der Waals surface area contributed by atoms with Crippen LogP contribution in [0.25, 0.3) is 0 Å². The van der Waals surface area contributed by atoms with Crippen molar-refractivity contribution in [2.75, 3.05) is 25.5 Å². The van der Waals surface area contributed by atoms with Crippen LogP contribution in [0.5, 0.6) is 0 Å². The van der Waals surface area contributed by atoms with Gasteiger partial charge < -0.3 is 15.3 Å². The van der Waals surface area contributed by atoms with E-state index in [9.17, 15) is 9.90 Å². The summed E-state index contributed by atoms with van der Waals surface area (Å²) in [7, 11) is 1.81. The lowest BCUT2D eigenvalue weighted by Gasteiger charge is -2.35. The van der Waals surface area contributed by atoms with E-state index < -0.39 is 5.60 Å². The molecule has 0 spiro atoms. The molecule has 21 heavy (non-hydrogen) atoms. The normalized spacial score (nSPS) is 17.6. The number of nitrogens with zero attached hydrogens (tertiary/aromatic N) is 2. The van der Waals surface area contributed by atoms with E-state index in [1.54, 1.807) is 6.07 Å². The van der Waals surface area contributed by atoms with Gasteiger partial charge in [-0.2, -0.15) is 0 Å². The van der Waals surface area contributed by atoms with Gasteiger partial charge in [0.15, 0.2) is 0 Å². The number of likely N-dealkylation sites (tertiary alicyclic amines) is 1. The first-order chi connectivity index (χ1) is 9.95. The smallest absolute Gasteiger partial charge is 0.254 e. The van der Waals surface area contributed by atoms with Crippen molar-refractivity contribution in [3.63, 3.8) is 0 Å². The Balaban J connectivity index is 2.16. The lowest BCUT2D eigenvalue weighted by molar-refractivity contribution is -0.00203. The number of aryl methyl sites for hydroxylation is 1. The Morgan fingerprint density at radius 2 is 2.10 bits per heavy atom. The van der Waals surface area contributed by atoms with Crippen molar-refractivity contribution in [1.29, 1.82) is 0 Å². The Morgan fingerprint density at radius 3 is 2.67 bits per heavy atom. The molecule has 2 N–H and O–H groups in total. The van der Waals surface area contributed by atoms with Crippen LogP contribution in [0.3, 0.4) is 0 Å². The van der Waals surface area contributed by atoms with Crippen LogP contribution in [0, 0.1) is 0 Å². The molecule has 0 aliphatic carbocycles. The van der Waals surface area contributed by atoms with Crippen LogP contribution < -0.4 is 5.32 Å². The van der Waals surface area contributed by atoms with Crippen LogP contribution in [0.4, 0.5) is 5.82 Å². The number of nitrogens with one attached hydrogen (secondary N) is 1. The summed E-state index contributed by atoms with van der Waals surface area (Å²) < 4.78 is 0. The van der Waals surface area contributed by atoms with E-state index in [0.29, 0.717) is 31.5 Å². The third kappa shape index (κ3) is 3.94. The van der Waals surface area contributed by atoms with Gasteiger partial charge in [-0.3, -0.25) is 4.79 Å². The summed E-state index contributed by atoms with van der Waals surface area (Å²) in [6, 6.07) is 3.69. The Morgan fingerprint density at radius 1 is 1.43 bits per heavy atom. The minimum atomic E-state index is -0.640. The van der Waals surface area contributed by atoms with Crippen molar-refractivity contribution in [2.45, 2.75) is 45.1 Å². The Labute approximate surface area is 126 Å². The molecule has 116 valence electrons. The first-order valence-electron chi connectivity index (χ1n) is 7.65. The number of amides is 1. The number of anilines is 1. The number of hydrogen-bond acceptors (Lipinski definition) is 4. The first kappa shape index (κ1) is 15.8. The second-order valence-electron chi connectivity index (χ2n) is 6.02. The fourth-order valence-electron chi connectivity index (χ4n) is 2.60. The second-order valence-corrected chi connectivity index (χ2v) is 6.02. The number of rotatable bonds is 4. The molecule has 0 aromatic carbocycles. The molecule has 1 aliphatic heterocycles. The molecule has 1 amide bonds. The van der Waals surface area contributed by atoms with E-state index in [2.05, 4.69) is 17.2 Å². The SMILES string of the molecule is CCCc1cc(C(=O)N2CCC(C)(O)CC2)cc(NC)n1. The molecule has 2 heterocycles. The van der Waals surface area contributed by atoms with Gasteiger partial charge in [-0.05, 0) is 38.3 Å². The van der Waals surface area contributed by atoms with Crippen LogP contribution in [0.1, 0.15) is 49.2 Å². The molecule has 0 atom stereocenters. The third-order valence-electron chi connectivity index (χ3n) is 4.02. The number of piperidine rings is 1. The lowest BCUT2D eigenvalue weighted by atomic mass is 9.93. The summed E-state index contributed by atoms with van der Waals surface area (Å²) in [4.78, 5) is 18.9. The first-order valence-corrected chi connectivity index (χ1v) is 7.65. The van der Waals surface area contributed by atoms with Gasteiger partial charge in [-0.15, -0.1) is 0 Å². The van der Waals surface area contributed by atoms with Crippen LogP contribution in [0.15, 0.2) is 12.1 Å². The minimum absolute atomic E-state index is 0.0294. The molecule has 1 saturated heterocycles. The zero-order chi connectivity index (χ0) is 15.5. The maximum Gasteiger partial charge on any atom is 0.254 e. The molecule has 0 bridgehead atoms. The van der Waals surface area contributed by atoms with E-state index in [4.69, 9.17) is 0 Å². The molecule has 2 rings (SSSR count). The molecule has 5 nitrogen and oxygen atoms in total. The highest BCUT2D eigenvalue weighted by atomic mass is 16.3. The minimum Gasteiger partial charge on any atom is -0.390 e. The molecule has 0 saturated carbocycles. The molecule has 1 aromatic heterocycles. The summed E-state index contributed by atoms with van der Waals surface area (Å²) in [6.07, 6.45) is 3.12. The number of aromatic nitrogens is 1. The molecule has 1 fully saturated rings. The van der Waals surface area contributed by atoms with Gasteiger partial charge in [0.2, 0.25) is 0 Å². The average Bonchev–Trinajstić information content (AvgIpc) is 2.46. The van der Waals surface area contributed by atoms with Crippen LogP contribution >= 0.6 is 0 Å². The summed E-state index contributed by atoms with van der Waals surface area (Å²) in [6.45, 7) is 5.14. The number of aliphatic hydroxyl groups is 1. The van der Waals surface area contributed by atoms with Gasteiger partial charge in [-0.1, -0.05) is 13.3 Å². The zero-order valence-corrected chi connectivity index (χ0v) is 13.1. The maximum atomic E-state index is 12.6. The van der Waals surface area contributed by atoms with Gasteiger partial charge in [0.05, 0.1) is 5.60 Å². The Bertz CT molecular complexity index is 504. The number of pyridine rings is 1. The van der Waals surface area contributed by atoms with Gasteiger partial charge >= 0.3 is 0 Å². The largest absolute Gasteiger partial charge is 0.390 e. The van der Waals surface area contributed by atoms with Gasteiger partial charge in [-0.25, -0.2) is 4.98 Å². The standard InChI is InChI=1S/C16H25N3O2/c1-4-5-13-10-12(11-14(17-3)18-13)15(20)19-8-6-16(2,21)7-9-19/h10-11,21H,4-9H2,1-3H3,(H,17,18). The molecule has 0 unspecified atom stereocenters. The fraction of sp³-hybridized carbons (Fsp3) is 0.625. The van der Waals surface area contributed by atoms with Gasteiger partial charge in [0.1, 0.15) is 5.82 Å². The van der Waals surface area contributed by atoms with Crippen molar-refractivity contribution >= 4 is 11.7 Å². The highest BCUT2D eigenvalue weighted by Crippen LogP contribution is 2.23. The quantitative estimate of drug-likeness (QED) is 0.891. The van der Waals surface area contributed by atoms with Crippen molar-refractivity contribution in [2.24, 2.45) is 0 Å². The predicted molar refractivity (Wildman–Crippen MR) is 83.5 cm³/mol. The van der Waals surface area contributed by atoms with Gasteiger partial charge in [0.25, 0.3) is 5.91 Å². The number of carbonyl (C=O) groups is 1. The van der Waals surface area contributed by atoms with E-state index in [0.717, 1.165) is 24.4 Å². The van der Waals surface area contributed by atoms with Crippen LogP contribution in [-0.4, -0.2) is 46.6 Å². The van der Waals surface area contributed by atoms with E-state index in [-0.39, 0.29) is 5.91 Å². The number of hydrogen-bond donors (Lipinski definition) is 2. The summed E-state index contributed by atoms with van der Waals surface area (Å²) >= 11 is 0. The molecular weight excluding hydrogens is 266 g/mol. The zero-order valence-electron chi connectivity index (χ0n) is 13.1. The summed E-state index contributed by atoms with van der Waals surface area (Å²) in [5, 5.41) is 13.0. The van der Waals surface area contributed by atoms with Crippen molar-refractivity contribution in [3.05, 3.63) is 23.4 Å². The van der Waals surface area contributed by atoms with E-state index in [1.165, 1.54) is 0 Å². The van der Waals surface area contributed by atoms with Crippen molar-refractivity contribution in [1.82, 2.24) is 9.88 Å². The monoisotopic (exact) mass is 291 g/mol. The van der Waals surface area contributed by atoms with Gasteiger partial charge in [0, 0.05) is 31.4 Å². The Kier molecular flexibility index (Phi) is 4.83. The summed E-state index contributed by atoms with van der Waals surface area (Å²) in [5.41, 5.74) is 0.981. The molecular formula is C16H25N3O2. The third-order valence-corrected chi connectivity index (χ3v) is 4.02. The average molecular weight is 291 g/mol.